The lowest BCUT2D eigenvalue weighted by molar-refractivity contribution is 0.0701. The zero-order valence-electron chi connectivity index (χ0n) is 16.4. The maximum atomic E-state index is 12.9. The molecule has 0 aromatic carbocycles. The minimum Gasteiger partial charge on any atom is -0.338 e. The zero-order chi connectivity index (χ0) is 19.4. The van der Waals surface area contributed by atoms with Crippen molar-refractivity contribution in [3.63, 3.8) is 0 Å². The van der Waals surface area contributed by atoms with E-state index in [4.69, 9.17) is 0 Å². The van der Waals surface area contributed by atoms with Gasteiger partial charge in [-0.3, -0.25) is 9.59 Å². The fourth-order valence-electron chi connectivity index (χ4n) is 3.71. The van der Waals surface area contributed by atoms with Gasteiger partial charge in [0.2, 0.25) is 0 Å². The fraction of sp³-hybridized carbons (Fsp3) is 0.550. The summed E-state index contributed by atoms with van der Waals surface area (Å²) >= 11 is 0. The molecule has 1 aliphatic heterocycles. The number of aryl methyl sites for hydroxylation is 2. The van der Waals surface area contributed by atoms with E-state index in [1.54, 1.807) is 17.0 Å². The first kappa shape index (κ1) is 19.4. The van der Waals surface area contributed by atoms with Crippen molar-refractivity contribution in [2.24, 2.45) is 0 Å². The Labute approximate surface area is 160 Å². The van der Waals surface area contributed by atoms with Crippen molar-refractivity contribution >= 4 is 5.91 Å². The summed E-state index contributed by atoms with van der Waals surface area (Å²) in [4.78, 5) is 36.3. The number of rotatable bonds is 6. The molecule has 1 unspecified atom stereocenters. The molecule has 1 amide bonds. The number of hydrogen-bond acceptors (Lipinski definition) is 4. The van der Waals surface area contributed by atoms with E-state index in [9.17, 15) is 9.59 Å². The average Bonchev–Trinajstić information content (AvgIpc) is 3.09. The highest BCUT2D eigenvalue weighted by atomic mass is 16.2. The van der Waals surface area contributed by atoms with Gasteiger partial charge in [0.25, 0.3) is 11.5 Å². The summed E-state index contributed by atoms with van der Waals surface area (Å²) in [6, 6.07) is 3.40. The van der Waals surface area contributed by atoms with E-state index in [1.165, 1.54) is 0 Å². The van der Waals surface area contributed by atoms with Crippen molar-refractivity contribution in [2.75, 3.05) is 33.7 Å². The maximum Gasteiger partial charge on any atom is 0.260 e. The zero-order valence-corrected chi connectivity index (χ0v) is 16.4. The van der Waals surface area contributed by atoms with Crippen LogP contribution in [0.1, 0.15) is 47.1 Å². The standard InChI is InChI=1S/C20H29N5O2/c1-15-7-8-17(19(26)22-15)20(27)25-11-4-6-16(14-25)18-21-9-13-24(18)12-5-10-23(2)3/h7-9,13,16H,4-6,10-12,14H2,1-3H3,(H,22,26). The SMILES string of the molecule is Cc1ccc(C(=O)N2CCCC(c3nccn3CCCN(C)C)C2)c(=O)[nH]1. The Hall–Kier alpha value is -2.41. The van der Waals surface area contributed by atoms with E-state index < -0.39 is 0 Å². The second-order valence-corrected chi connectivity index (χ2v) is 7.61. The molecule has 7 nitrogen and oxygen atoms in total. The van der Waals surface area contributed by atoms with E-state index in [1.807, 2.05) is 19.3 Å². The highest BCUT2D eigenvalue weighted by molar-refractivity contribution is 5.93. The first-order valence-corrected chi connectivity index (χ1v) is 9.60. The molecular formula is C20H29N5O2. The van der Waals surface area contributed by atoms with E-state index in [0.29, 0.717) is 13.1 Å². The second kappa shape index (κ2) is 8.52. The molecule has 3 heterocycles. The first-order chi connectivity index (χ1) is 13.0. The molecule has 0 bridgehead atoms. The number of carbonyl (C=O) groups is 1. The normalized spacial score (nSPS) is 17.5. The Balaban J connectivity index is 1.70. The lowest BCUT2D eigenvalue weighted by Gasteiger charge is -2.32. The summed E-state index contributed by atoms with van der Waals surface area (Å²) < 4.78 is 2.21. The molecule has 2 aromatic heterocycles. The number of aromatic amines is 1. The van der Waals surface area contributed by atoms with Crippen molar-refractivity contribution in [1.29, 1.82) is 0 Å². The minimum atomic E-state index is -0.313. The lowest BCUT2D eigenvalue weighted by atomic mass is 9.96. The van der Waals surface area contributed by atoms with E-state index in [-0.39, 0.29) is 22.9 Å². The molecule has 1 saturated heterocycles. The Morgan fingerprint density at radius 3 is 2.93 bits per heavy atom. The third-order valence-corrected chi connectivity index (χ3v) is 5.11. The van der Waals surface area contributed by atoms with Gasteiger partial charge >= 0.3 is 0 Å². The lowest BCUT2D eigenvalue weighted by Crippen LogP contribution is -2.41. The summed E-state index contributed by atoms with van der Waals surface area (Å²) in [5.74, 6) is 1.07. The van der Waals surface area contributed by atoms with Gasteiger partial charge in [-0.1, -0.05) is 0 Å². The molecule has 1 atom stereocenters. The Kier molecular flexibility index (Phi) is 6.11. The fourth-order valence-corrected chi connectivity index (χ4v) is 3.71. The molecule has 0 spiro atoms. The monoisotopic (exact) mass is 371 g/mol. The molecule has 0 aliphatic carbocycles. The molecule has 146 valence electrons. The second-order valence-electron chi connectivity index (χ2n) is 7.61. The molecule has 2 aromatic rings. The third-order valence-electron chi connectivity index (χ3n) is 5.11. The molecule has 3 rings (SSSR count). The highest BCUT2D eigenvalue weighted by Gasteiger charge is 2.29. The van der Waals surface area contributed by atoms with E-state index in [0.717, 1.165) is 43.9 Å². The summed E-state index contributed by atoms with van der Waals surface area (Å²) in [6.07, 6.45) is 6.86. The number of imidazole rings is 1. The number of piperidine rings is 1. The van der Waals surface area contributed by atoms with Crippen LogP contribution in [0.4, 0.5) is 0 Å². The van der Waals surface area contributed by atoms with Gasteiger partial charge in [-0.05, 0) is 59.0 Å². The Morgan fingerprint density at radius 1 is 1.37 bits per heavy atom. The van der Waals surface area contributed by atoms with Crippen LogP contribution in [-0.2, 0) is 6.54 Å². The van der Waals surface area contributed by atoms with Crippen LogP contribution in [0.15, 0.2) is 29.3 Å². The van der Waals surface area contributed by atoms with Crippen LogP contribution < -0.4 is 5.56 Å². The maximum absolute atomic E-state index is 12.9. The van der Waals surface area contributed by atoms with Crippen molar-refractivity contribution < 1.29 is 4.79 Å². The summed E-state index contributed by atoms with van der Waals surface area (Å²) in [6.45, 7) is 5.06. The van der Waals surface area contributed by atoms with Crippen LogP contribution in [0.5, 0.6) is 0 Å². The van der Waals surface area contributed by atoms with Crippen molar-refractivity contribution in [2.45, 2.75) is 38.6 Å². The first-order valence-electron chi connectivity index (χ1n) is 9.60. The number of amides is 1. The van der Waals surface area contributed by atoms with Crippen LogP contribution in [0, 0.1) is 6.92 Å². The number of hydrogen-bond donors (Lipinski definition) is 1. The molecule has 0 radical (unpaired) electrons. The van der Waals surface area contributed by atoms with Crippen LogP contribution in [0.25, 0.3) is 0 Å². The molecule has 1 fully saturated rings. The van der Waals surface area contributed by atoms with Crippen molar-refractivity contribution in [3.05, 3.63) is 52.0 Å². The van der Waals surface area contributed by atoms with Crippen molar-refractivity contribution in [3.8, 4) is 0 Å². The quantitative estimate of drug-likeness (QED) is 0.841. The van der Waals surface area contributed by atoms with Gasteiger partial charge in [-0.2, -0.15) is 0 Å². The molecule has 7 heteroatoms. The van der Waals surface area contributed by atoms with Gasteiger partial charge in [-0.25, -0.2) is 4.98 Å². The van der Waals surface area contributed by atoms with Crippen LogP contribution >= 0.6 is 0 Å². The topological polar surface area (TPSA) is 74.2 Å². The summed E-state index contributed by atoms with van der Waals surface area (Å²) in [7, 11) is 4.15. The number of pyridine rings is 1. The van der Waals surface area contributed by atoms with Crippen LogP contribution in [0.3, 0.4) is 0 Å². The minimum absolute atomic E-state index is 0.188. The summed E-state index contributed by atoms with van der Waals surface area (Å²) in [5, 5.41) is 0. The van der Waals surface area contributed by atoms with E-state index >= 15 is 0 Å². The van der Waals surface area contributed by atoms with Gasteiger partial charge < -0.3 is 19.4 Å². The van der Waals surface area contributed by atoms with Gasteiger partial charge in [0.15, 0.2) is 0 Å². The predicted octanol–water partition coefficient (Wildman–Crippen LogP) is 1.85. The number of aromatic nitrogens is 3. The van der Waals surface area contributed by atoms with Gasteiger partial charge in [0, 0.05) is 43.6 Å². The van der Waals surface area contributed by atoms with Gasteiger partial charge in [-0.15, -0.1) is 0 Å². The molecule has 27 heavy (non-hydrogen) atoms. The number of nitrogens with one attached hydrogen (secondary N) is 1. The molecule has 0 saturated carbocycles. The number of nitrogens with zero attached hydrogens (tertiary/aromatic N) is 4. The number of likely N-dealkylation sites (tertiary alicyclic amines) is 1. The third kappa shape index (κ3) is 4.66. The van der Waals surface area contributed by atoms with Gasteiger partial charge in [0.05, 0.1) is 0 Å². The molecule has 1 N–H and O–H groups in total. The van der Waals surface area contributed by atoms with Crippen molar-refractivity contribution in [1.82, 2.24) is 24.3 Å². The predicted molar refractivity (Wildman–Crippen MR) is 105 cm³/mol. The van der Waals surface area contributed by atoms with E-state index in [2.05, 4.69) is 33.5 Å². The summed E-state index contributed by atoms with van der Waals surface area (Å²) in [5.41, 5.74) is 0.663. The van der Waals surface area contributed by atoms with Gasteiger partial charge in [0.1, 0.15) is 11.4 Å². The number of H-pyrrole nitrogens is 1. The van der Waals surface area contributed by atoms with Crippen LogP contribution in [0.2, 0.25) is 0 Å². The Morgan fingerprint density at radius 2 is 2.19 bits per heavy atom. The Bertz CT molecular complexity index is 839. The largest absolute Gasteiger partial charge is 0.338 e. The molecule has 1 aliphatic rings. The average molecular weight is 371 g/mol. The molecular weight excluding hydrogens is 342 g/mol. The highest BCUT2D eigenvalue weighted by Crippen LogP contribution is 2.26. The smallest absolute Gasteiger partial charge is 0.260 e. The van der Waals surface area contributed by atoms with Crippen LogP contribution in [-0.4, -0.2) is 64.0 Å². The number of carbonyl (C=O) groups excluding carboxylic acids is 1.